The number of nitrogens with zero attached hydrogens (tertiary/aromatic N) is 1. The molecule has 1 fully saturated rings. The molecule has 21 heavy (non-hydrogen) atoms. The first kappa shape index (κ1) is 15.8. The third kappa shape index (κ3) is 4.72. The van der Waals surface area contributed by atoms with Crippen LogP contribution in [-0.4, -0.2) is 44.4 Å². The maximum atomic E-state index is 12.2. The highest BCUT2D eigenvalue weighted by molar-refractivity contribution is 5.81. The summed E-state index contributed by atoms with van der Waals surface area (Å²) in [6.07, 6.45) is 0.293. The Morgan fingerprint density at radius 2 is 2.14 bits per heavy atom. The van der Waals surface area contributed by atoms with Crippen molar-refractivity contribution in [2.45, 2.75) is 31.9 Å². The van der Waals surface area contributed by atoms with Crippen molar-refractivity contribution in [1.82, 2.24) is 10.6 Å². The van der Waals surface area contributed by atoms with Gasteiger partial charge in [0.05, 0.1) is 13.7 Å². The molecular weight excluding hydrogens is 268 g/mol. The number of benzene rings is 1. The molecule has 115 valence electrons. The van der Waals surface area contributed by atoms with E-state index in [-0.39, 0.29) is 11.4 Å². The van der Waals surface area contributed by atoms with Gasteiger partial charge in [-0.25, -0.2) is 5.32 Å². The van der Waals surface area contributed by atoms with Crippen LogP contribution in [0.25, 0.3) is 0 Å². The largest absolute Gasteiger partial charge is 0.497 e. The van der Waals surface area contributed by atoms with Crippen LogP contribution >= 0.6 is 0 Å². The predicted molar refractivity (Wildman–Crippen MR) is 80.5 cm³/mol. The topological polar surface area (TPSA) is 61.7 Å². The predicted octanol–water partition coefficient (Wildman–Crippen LogP) is 1.14. The van der Waals surface area contributed by atoms with E-state index in [4.69, 9.17) is 9.47 Å². The molecule has 0 spiro atoms. The summed E-state index contributed by atoms with van der Waals surface area (Å²) < 4.78 is 10.6. The molecular formula is C16H23N2O3. The fraction of sp³-hybridized carbons (Fsp3) is 0.562. The lowest BCUT2D eigenvalue weighted by Crippen LogP contribution is -2.53. The second-order valence-electron chi connectivity index (χ2n) is 5.89. The SMILES string of the molecule is COc1ccc(CC(C)(C)NC(=O)C2C[N]CCO2)cc1. The number of nitrogens with one attached hydrogen (secondary N) is 1. The Balaban J connectivity index is 1.92. The lowest BCUT2D eigenvalue weighted by atomic mass is 9.94. The molecule has 1 unspecified atom stereocenters. The summed E-state index contributed by atoms with van der Waals surface area (Å²) in [5.74, 6) is 0.745. The summed E-state index contributed by atoms with van der Waals surface area (Å²) in [6.45, 7) is 5.67. The third-order valence-corrected chi connectivity index (χ3v) is 3.42. The second kappa shape index (κ2) is 6.91. The Bertz CT molecular complexity index is 465. The van der Waals surface area contributed by atoms with Crippen LogP contribution in [0.2, 0.25) is 0 Å². The van der Waals surface area contributed by atoms with E-state index in [0.717, 1.165) is 17.7 Å². The Morgan fingerprint density at radius 1 is 1.43 bits per heavy atom. The van der Waals surface area contributed by atoms with Crippen LogP contribution in [0.5, 0.6) is 5.75 Å². The van der Waals surface area contributed by atoms with Gasteiger partial charge in [0.2, 0.25) is 0 Å². The standard InChI is InChI=1S/C16H23N2O3/c1-16(2,10-12-4-6-13(20-3)7-5-12)18-15(19)14-11-17-8-9-21-14/h4-7,14H,8-11H2,1-3H3,(H,18,19). The summed E-state index contributed by atoms with van der Waals surface area (Å²) in [7, 11) is 1.65. The van der Waals surface area contributed by atoms with Gasteiger partial charge >= 0.3 is 0 Å². The van der Waals surface area contributed by atoms with Crippen LogP contribution < -0.4 is 15.4 Å². The van der Waals surface area contributed by atoms with Gasteiger partial charge in [-0.15, -0.1) is 0 Å². The van der Waals surface area contributed by atoms with E-state index >= 15 is 0 Å². The monoisotopic (exact) mass is 291 g/mol. The van der Waals surface area contributed by atoms with Gasteiger partial charge in [-0.05, 0) is 38.0 Å². The highest BCUT2D eigenvalue weighted by Gasteiger charge is 2.28. The van der Waals surface area contributed by atoms with Crippen molar-refractivity contribution in [3.63, 3.8) is 0 Å². The number of carbonyl (C=O) groups is 1. The van der Waals surface area contributed by atoms with E-state index in [1.807, 2.05) is 38.1 Å². The maximum Gasteiger partial charge on any atom is 0.250 e. The van der Waals surface area contributed by atoms with E-state index in [9.17, 15) is 4.79 Å². The Kier molecular flexibility index (Phi) is 5.20. The second-order valence-corrected chi connectivity index (χ2v) is 5.89. The van der Waals surface area contributed by atoms with Gasteiger partial charge in [-0.3, -0.25) is 4.79 Å². The molecule has 1 amide bonds. The smallest absolute Gasteiger partial charge is 0.250 e. The number of carbonyl (C=O) groups excluding carboxylic acids is 1. The zero-order valence-electron chi connectivity index (χ0n) is 12.9. The number of hydrogen-bond acceptors (Lipinski definition) is 3. The molecule has 0 aliphatic carbocycles. The molecule has 1 heterocycles. The molecule has 1 aliphatic rings. The van der Waals surface area contributed by atoms with Crippen LogP contribution in [-0.2, 0) is 16.0 Å². The third-order valence-electron chi connectivity index (χ3n) is 3.42. The molecule has 0 bridgehead atoms. The van der Waals surface area contributed by atoms with Crippen molar-refractivity contribution in [1.29, 1.82) is 0 Å². The van der Waals surface area contributed by atoms with Crippen molar-refractivity contribution in [3.8, 4) is 5.75 Å². The highest BCUT2D eigenvalue weighted by atomic mass is 16.5. The lowest BCUT2D eigenvalue weighted by molar-refractivity contribution is -0.136. The molecule has 1 aromatic rings. The van der Waals surface area contributed by atoms with Crippen LogP contribution in [0.4, 0.5) is 0 Å². The molecule has 2 rings (SSSR count). The molecule has 5 nitrogen and oxygen atoms in total. The summed E-state index contributed by atoms with van der Waals surface area (Å²) >= 11 is 0. The molecule has 1 atom stereocenters. The van der Waals surface area contributed by atoms with Gasteiger partial charge in [-0.2, -0.15) is 0 Å². The molecule has 1 aromatic carbocycles. The summed E-state index contributed by atoms with van der Waals surface area (Å²) in [6, 6.07) is 7.88. The van der Waals surface area contributed by atoms with Crippen LogP contribution in [0.15, 0.2) is 24.3 Å². The molecule has 0 aromatic heterocycles. The minimum atomic E-state index is -0.450. The molecule has 1 N–H and O–H groups in total. The summed E-state index contributed by atoms with van der Waals surface area (Å²) in [5.41, 5.74) is 0.808. The number of rotatable bonds is 5. The zero-order valence-corrected chi connectivity index (χ0v) is 12.9. The van der Waals surface area contributed by atoms with E-state index in [1.54, 1.807) is 7.11 Å². The lowest BCUT2D eigenvalue weighted by Gasteiger charge is -2.30. The van der Waals surface area contributed by atoms with Crippen LogP contribution in [0.1, 0.15) is 19.4 Å². The Hall–Kier alpha value is -1.59. The molecule has 1 aliphatic heterocycles. The number of ether oxygens (including phenoxy) is 2. The van der Waals surface area contributed by atoms with Crippen molar-refractivity contribution in [2.24, 2.45) is 0 Å². The molecule has 0 saturated carbocycles. The van der Waals surface area contributed by atoms with Crippen molar-refractivity contribution >= 4 is 5.91 Å². The van der Waals surface area contributed by atoms with Gasteiger partial charge in [0.1, 0.15) is 11.9 Å². The number of amides is 1. The van der Waals surface area contributed by atoms with Crippen LogP contribution in [0, 0.1) is 0 Å². The number of methoxy groups -OCH3 is 1. The molecule has 1 radical (unpaired) electrons. The quantitative estimate of drug-likeness (QED) is 0.885. The first-order valence-electron chi connectivity index (χ1n) is 7.20. The molecule has 5 heteroatoms. The maximum absolute atomic E-state index is 12.2. The van der Waals surface area contributed by atoms with Crippen molar-refractivity contribution < 1.29 is 14.3 Å². The molecule has 1 saturated heterocycles. The summed E-state index contributed by atoms with van der Waals surface area (Å²) in [4.78, 5) is 12.2. The summed E-state index contributed by atoms with van der Waals surface area (Å²) in [5, 5.41) is 7.26. The minimum absolute atomic E-state index is 0.0861. The zero-order chi connectivity index (χ0) is 15.3. The van der Waals surface area contributed by atoms with Gasteiger partial charge < -0.3 is 14.8 Å². The minimum Gasteiger partial charge on any atom is -0.497 e. The van der Waals surface area contributed by atoms with E-state index in [0.29, 0.717) is 19.7 Å². The Labute approximate surface area is 126 Å². The average Bonchev–Trinajstić information content (AvgIpc) is 2.48. The van der Waals surface area contributed by atoms with Gasteiger partial charge in [0.15, 0.2) is 0 Å². The highest BCUT2D eigenvalue weighted by Crippen LogP contribution is 2.17. The van der Waals surface area contributed by atoms with E-state index in [2.05, 4.69) is 10.6 Å². The van der Waals surface area contributed by atoms with Gasteiger partial charge in [-0.1, -0.05) is 12.1 Å². The van der Waals surface area contributed by atoms with Gasteiger partial charge in [0.25, 0.3) is 5.91 Å². The fourth-order valence-corrected chi connectivity index (χ4v) is 2.39. The van der Waals surface area contributed by atoms with Crippen LogP contribution in [0.3, 0.4) is 0 Å². The van der Waals surface area contributed by atoms with E-state index in [1.165, 1.54) is 0 Å². The normalized spacial score (nSPS) is 19.1. The van der Waals surface area contributed by atoms with Crippen molar-refractivity contribution in [2.75, 3.05) is 26.8 Å². The first-order chi connectivity index (χ1) is 10.00. The number of hydrogen-bond donors (Lipinski definition) is 1. The first-order valence-corrected chi connectivity index (χ1v) is 7.20. The van der Waals surface area contributed by atoms with E-state index < -0.39 is 6.10 Å². The Morgan fingerprint density at radius 3 is 2.71 bits per heavy atom. The van der Waals surface area contributed by atoms with Gasteiger partial charge in [0, 0.05) is 18.6 Å². The average molecular weight is 291 g/mol. The fourth-order valence-electron chi connectivity index (χ4n) is 2.39. The number of morpholine rings is 1. The van der Waals surface area contributed by atoms with Crippen molar-refractivity contribution in [3.05, 3.63) is 29.8 Å².